The van der Waals surface area contributed by atoms with Gasteiger partial charge in [-0.05, 0) is 62.9 Å². The van der Waals surface area contributed by atoms with Crippen LogP contribution in [0.5, 0.6) is 0 Å². The highest BCUT2D eigenvalue weighted by Gasteiger charge is 2.14. The first-order chi connectivity index (χ1) is 14.2. The summed E-state index contributed by atoms with van der Waals surface area (Å²) < 4.78 is 0. The Hall–Kier alpha value is -3.48. The fourth-order valence-electron chi connectivity index (χ4n) is 3.04. The van der Waals surface area contributed by atoms with Gasteiger partial charge in [-0.3, -0.25) is 14.4 Å². The Morgan fingerprint density at radius 2 is 1.50 bits per heavy atom. The maximum Gasteiger partial charge on any atom is 0.329 e. The number of hydrazone groups is 1. The molecule has 3 amide bonds. The normalized spacial score (nSPS) is 11.0. The lowest BCUT2D eigenvalue weighted by atomic mass is 10.0. The molecule has 0 unspecified atom stereocenters. The Kier molecular flexibility index (Phi) is 7.86. The van der Waals surface area contributed by atoms with Crippen LogP contribution in [0.25, 0.3) is 0 Å². The standard InChI is InChI=1S/C23H28N4O3/c1-6-18-7-9-19(10-8-18)24-22(29)23(30)27-26-17(5)13-20(28)25-21-15(3)11-14(2)12-16(21)4/h7-12H,6,13H2,1-5H3,(H,24,29)(H,25,28)(H,27,30)/b26-17+. The van der Waals surface area contributed by atoms with Crippen LogP contribution in [0.1, 0.15) is 42.5 Å². The molecule has 0 bridgehead atoms. The van der Waals surface area contributed by atoms with E-state index in [0.717, 1.165) is 34.4 Å². The number of nitrogens with zero attached hydrogens (tertiary/aromatic N) is 1. The topological polar surface area (TPSA) is 99.7 Å². The Labute approximate surface area is 177 Å². The van der Waals surface area contributed by atoms with Gasteiger partial charge in [-0.25, -0.2) is 5.43 Å². The predicted molar refractivity (Wildman–Crippen MR) is 120 cm³/mol. The number of hydrogen-bond acceptors (Lipinski definition) is 4. The molecule has 0 atom stereocenters. The van der Waals surface area contributed by atoms with E-state index >= 15 is 0 Å². The zero-order chi connectivity index (χ0) is 22.3. The van der Waals surface area contributed by atoms with Crippen LogP contribution in [-0.2, 0) is 20.8 Å². The van der Waals surface area contributed by atoms with Gasteiger partial charge >= 0.3 is 11.8 Å². The molecule has 7 heteroatoms. The van der Waals surface area contributed by atoms with E-state index in [9.17, 15) is 14.4 Å². The Morgan fingerprint density at radius 3 is 2.07 bits per heavy atom. The maximum atomic E-state index is 12.3. The first kappa shape index (κ1) is 22.8. The van der Waals surface area contributed by atoms with Gasteiger partial charge in [0.1, 0.15) is 0 Å². The van der Waals surface area contributed by atoms with Crippen LogP contribution in [0, 0.1) is 20.8 Å². The molecule has 30 heavy (non-hydrogen) atoms. The average Bonchev–Trinajstić information content (AvgIpc) is 2.69. The van der Waals surface area contributed by atoms with E-state index in [-0.39, 0.29) is 12.3 Å². The molecule has 0 aromatic heterocycles. The fourth-order valence-corrected chi connectivity index (χ4v) is 3.04. The number of carbonyl (C=O) groups excluding carboxylic acids is 3. The Morgan fingerprint density at radius 1 is 0.900 bits per heavy atom. The molecule has 0 heterocycles. The van der Waals surface area contributed by atoms with Crippen molar-refractivity contribution in [3.63, 3.8) is 0 Å². The Bertz CT molecular complexity index is 955. The maximum absolute atomic E-state index is 12.3. The third-order valence-corrected chi connectivity index (χ3v) is 4.53. The highest BCUT2D eigenvalue weighted by Crippen LogP contribution is 2.22. The number of anilines is 2. The molecule has 0 aliphatic heterocycles. The highest BCUT2D eigenvalue weighted by atomic mass is 16.2. The molecule has 0 fully saturated rings. The van der Waals surface area contributed by atoms with E-state index in [4.69, 9.17) is 0 Å². The SMILES string of the molecule is CCc1ccc(NC(=O)C(=O)N/N=C(\C)CC(=O)Nc2c(C)cc(C)cc2C)cc1. The third kappa shape index (κ3) is 6.55. The predicted octanol–water partition coefficient (Wildman–Crippen LogP) is 3.63. The summed E-state index contributed by atoms with van der Waals surface area (Å²) in [5.74, 6) is -1.98. The van der Waals surface area contributed by atoms with Crippen LogP contribution >= 0.6 is 0 Å². The summed E-state index contributed by atoms with van der Waals surface area (Å²) in [6.45, 7) is 9.51. The lowest BCUT2D eigenvalue weighted by Gasteiger charge is -2.12. The first-order valence-corrected chi connectivity index (χ1v) is 9.80. The van der Waals surface area contributed by atoms with Crippen LogP contribution in [0.15, 0.2) is 41.5 Å². The van der Waals surface area contributed by atoms with Gasteiger partial charge in [0.2, 0.25) is 5.91 Å². The van der Waals surface area contributed by atoms with Gasteiger partial charge in [-0.2, -0.15) is 5.10 Å². The largest absolute Gasteiger partial charge is 0.329 e. The molecule has 0 radical (unpaired) electrons. The summed E-state index contributed by atoms with van der Waals surface area (Å²) in [7, 11) is 0. The molecule has 2 aromatic carbocycles. The summed E-state index contributed by atoms with van der Waals surface area (Å²) in [5, 5.41) is 9.24. The van der Waals surface area contributed by atoms with E-state index < -0.39 is 11.8 Å². The molecule has 2 rings (SSSR count). The fraction of sp³-hybridized carbons (Fsp3) is 0.304. The lowest BCUT2D eigenvalue weighted by Crippen LogP contribution is -2.33. The molecule has 0 saturated heterocycles. The molecule has 0 aliphatic carbocycles. The van der Waals surface area contributed by atoms with Crippen molar-refractivity contribution in [2.24, 2.45) is 5.10 Å². The van der Waals surface area contributed by atoms with Gasteiger partial charge in [0.05, 0.1) is 6.42 Å². The second-order valence-electron chi connectivity index (χ2n) is 7.29. The molecule has 7 nitrogen and oxygen atoms in total. The third-order valence-electron chi connectivity index (χ3n) is 4.53. The molecule has 158 valence electrons. The molecule has 2 aromatic rings. The summed E-state index contributed by atoms with van der Waals surface area (Å²) in [5.41, 5.74) is 8.08. The van der Waals surface area contributed by atoms with E-state index in [0.29, 0.717) is 11.4 Å². The molecule has 0 aliphatic rings. The summed E-state index contributed by atoms with van der Waals surface area (Å²) in [6, 6.07) is 11.2. The summed E-state index contributed by atoms with van der Waals surface area (Å²) in [4.78, 5) is 36.2. The molecule has 3 N–H and O–H groups in total. The smallest absolute Gasteiger partial charge is 0.325 e. The van der Waals surface area contributed by atoms with Gasteiger partial charge in [-0.15, -0.1) is 0 Å². The van der Waals surface area contributed by atoms with Crippen molar-refractivity contribution >= 4 is 34.8 Å². The van der Waals surface area contributed by atoms with Gasteiger partial charge in [0.25, 0.3) is 0 Å². The zero-order valence-electron chi connectivity index (χ0n) is 18.1. The minimum Gasteiger partial charge on any atom is -0.325 e. The van der Waals surface area contributed by atoms with Crippen molar-refractivity contribution in [3.05, 3.63) is 58.7 Å². The molecular formula is C23H28N4O3. The number of amides is 3. The molecular weight excluding hydrogens is 380 g/mol. The van der Waals surface area contributed by atoms with Gasteiger partial charge in [0, 0.05) is 17.1 Å². The number of rotatable bonds is 6. The average molecular weight is 409 g/mol. The van der Waals surface area contributed by atoms with Crippen molar-refractivity contribution < 1.29 is 14.4 Å². The van der Waals surface area contributed by atoms with Gasteiger partial charge in [-0.1, -0.05) is 36.8 Å². The molecule has 0 spiro atoms. The van der Waals surface area contributed by atoms with E-state index in [1.54, 1.807) is 19.1 Å². The van der Waals surface area contributed by atoms with Crippen LogP contribution in [-0.4, -0.2) is 23.4 Å². The minimum absolute atomic E-state index is 0.00681. The number of aryl methyl sites for hydroxylation is 4. The number of benzene rings is 2. The van der Waals surface area contributed by atoms with Crippen LogP contribution in [0.4, 0.5) is 11.4 Å². The first-order valence-electron chi connectivity index (χ1n) is 9.80. The minimum atomic E-state index is -0.903. The second-order valence-corrected chi connectivity index (χ2v) is 7.29. The molecule has 0 saturated carbocycles. The Balaban J connectivity index is 1.88. The monoisotopic (exact) mass is 408 g/mol. The number of carbonyl (C=O) groups is 3. The zero-order valence-corrected chi connectivity index (χ0v) is 18.1. The quantitative estimate of drug-likeness (QED) is 0.387. The van der Waals surface area contributed by atoms with Crippen molar-refractivity contribution in [2.75, 3.05) is 10.6 Å². The van der Waals surface area contributed by atoms with Crippen LogP contribution in [0.2, 0.25) is 0 Å². The van der Waals surface area contributed by atoms with Gasteiger partial charge < -0.3 is 10.6 Å². The van der Waals surface area contributed by atoms with E-state index in [1.807, 2.05) is 52.0 Å². The van der Waals surface area contributed by atoms with Crippen LogP contribution < -0.4 is 16.1 Å². The number of hydrogen-bond donors (Lipinski definition) is 3. The second kappa shape index (κ2) is 10.3. The summed E-state index contributed by atoms with van der Waals surface area (Å²) in [6.07, 6.45) is 0.881. The highest BCUT2D eigenvalue weighted by molar-refractivity contribution is 6.39. The van der Waals surface area contributed by atoms with E-state index in [1.165, 1.54) is 0 Å². The van der Waals surface area contributed by atoms with Crippen LogP contribution in [0.3, 0.4) is 0 Å². The van der Waals surface area contributed by atoms with Crippen molar-refractivity contribution in [3.8, 4) is 0 Å². The van der Waals surface area contributed by atoms with Gasteiger partial charge in [0.15, 0.2) is 0 Å². The van der Waals surface area contributed by atoms with Crippen molar-refractivity contribution in [2.45, 2.75) is 47.5 Å². The van der Waals surface area contributed by atoms with Crippen molar-refractivity contribution in [1.82, 2.24) is 5.43 Å². The summed E-state index contributed by atoms with van der Waals surface area (Å²) >= 11 is 0. The van der Waals surface area contributed by atoms with Crippen molar-refractivity contribution in [1.29, 1.82) is 0 Å². The lowest BCUT2D eigenvalue weighted by molar-refractivity contribution is -0.136. The number of nitrogens with one attached hydrogen (secondary N) is 3. The van der Waals surface area contributed by atoms with E-state index in [2.05, 4.69) is 21.2 Å².